The van der Waals surface area contributed by atoms with Crippen LogP contribution in [0.4, 0.5) is 0 Å². The van der Waals surface area contributed by atoms with Gasteiger partial charge in [0.05, 0.1) is 16.1 Å². The quantitative estimate of drug-likeness (QED) is 0.204. The van der Waals surface area contributed by atoms with E-state index in [2.05, 4.69) is 75.9 Å². The van der Waals surface area contributed by atoms with Crippen molar-refractivity contribution in [3.63, 3.8) is 0 Å². The summed E-state index contributed by atoms with van der Waals surface area (Å²) < 4.78 is 45.8. The standard InChI is InChI=1S/2C8H20O3Si2.C5H10Si.C3H10O3Si/c2*1-9-13(10-2,11-3)8-7-12(4,5)6;1-5-6(2,3)4;1-4-7(5-2)6-3/h2*7-8H,1-6H3;1H,2-4H3;7H,1-3H3/b8-7+;8-7-;;. The highest BCUT2D eigenvalue weighted by atomic mass is 28.4. The Hall–Kier alpha value is -0.0187. The number of terminal acetylenes is 1. The van der Waals surface area contributed by atoms with Crippen molar-refractivity contribution in [3.8, 4) is 12.0 Å². The molecule has 0 aliphatic rings. The topological polar surface area (TPSA) is 83.1 Å². The minimum atomic E-state index is -2.47. The molecular weight excluding hydrogens is 601 g/mol. The Morgan fingerprint density at radius 1 is 0.462 bits per heavy atom. The van der Waals surface area contributed by atoms with Crippen LogP contribution in [0.2, 0.25) is 58.9 Å². The van der Waals surface area contributed by atoms with Crippen molar-refractivity contribution in [2.75, 3.05) is 64.0 Å². The predicted molar refractivity (Wildman–Crippen MR) is 179 cm³/mol. The Balaban J connectivity index is -0.000000221. The van der Waals surface area contributed by atoms with Crippen molar-refractivity contribution in [2.24, 2.45) is 0 Å². The highest BCUT2D eigenvalue weighted by Crippen LogP contribution is 2.12. The summed E-state index contributed by atoms with van der Waals surface area (Å²) in [6.45, 7) is 20.0. The Morgan fingerprint density at radius 3 is 0.744 bits per heavy atom. The van der Waals surface area contributed by atoms with Gasteiger partial charge in [-0.25, -0.2) is 0 Å². The van der Waals surface area contributed by atoms with Crippen molar-refractivity contribution >= 4 is 51.4 Å². The van der Waals surface area contributed by atoms with Crippen LogP contribution >= 0.6 is 0 Å². The summed E-state index contributed by atoms with van der Waals surface area (Å²) in [6.07, 6.45) is 5.12. The molecule has 0 aromatic carbocycles. The molecule has 0 fully saturated rings. The van der Waals surface area contributed by atoms with Crippen molar-refractivity contribution < 1.29 is 39.8 Å². The van der Waals surface area contributed by atoms with Gasteiger partial charge < -0.3 is 39.8 Å². The summed E-state index contributed by atoms with van der Waals surface area (Å²) in [5.41, 5.74) is 11.1. The maximum absolute atomic E-state index is 5.26. The molecule has 234 valence electrons. The molecule has 0 spiro atoms. The molecule has 0 unspecified atom stereocenters. The van der Waals surface area contributed by atoms with Crippen LogP contribution in [0, 0.1) is 12.0 Å². The first-order valence-corrected chi connectivity index (χ1v) is 28.1. The first kappa shape index (κ1) is 46.0. The minimum Gasteiger partial charge on any atom is -0.379 e. The van der Waals surface area contributed by atoms with Crippen LogP contribution in [-0.2, 0) is 39.8 Å². The number of rotatable bonds is 13. The fraction of sp³-hybridized carbons (Fsp3) is 0.750. The van der Waals surface area contributed by atoms with Crippen LogP contribution in [0.25, 0.3) is 0 Å². The molecule has 0 saturated carbocycles. The van der Waals surface area contributed by atoms with Crippen LogP contribution in [0.3, 0.4) is 0 Å². The highest BCUT2D eigenvalue weighted by Gasteiger charge is 2.35. The number of hydrogen-bond acceptors (Lipinski definition) is 9. The number of hydrogen-bond donors (Lipinski definition) is 0. The average Bonchev–Trinajstić information content (AvgIpc) is 2.87. The third-order valence-electron chi connectivity index (χ3n) is 4.29. The monoisotopic (exact) mass is 660 g/mol. The molecule has 15 heteroatoms. The summed E-state index contributed by atoms with van der Waals surface area (Å²) in [6, 6.07) is 0. The van der Waals surface area contributed by atoms with Gasteiger partial charge in [0, 0.05) is 64.0 Å². The third kappa shape index (κ3) is 29.3. The van der Waals surface area contributed by atoms with Crippen molar-refractivity contribution in [1.29, 1.82) is 0 Å². The van der Waals surface area contributed by atoms with Crippen LogP contribution < -0.4 is 0 Å². The van der Waals surface area contributed by atoms with Gasteiger partial charge in [-0.2, -0.15) is 0 Å². The molecule has 0 atom stereocenters. The van der Waals surface area contributed by atoms with Crippen LogP contribution in [-0.4, -0.2) is 115 Å². The van der Waals surface area contributed by atoms with E-state index in [0.717, 1.165) is 0 Å². The second-order valence-corrected chi connectivity index (χ2v) is 33.7. The van der Waals surface area contributed by atoms with Crippen molar-refractivity contribution in [2.45, 2.75) is 58.9 Å². The lowest BCUT2D eigenvalue weighted by atomic mass is 11.2. The molecule has 0 aliphatic carbocycles. The van der Waals surface area contributed by atoms with E-state index in [4.69, 9.17) is 46.3 Å². The smallest absolute Gasteiger partial charge is 0.379 e. The molecule has 0 amide bonds. The summed E-state index contributed by atoms with van der Waals surface area (Å²) in [5, 5.41) is 0. The predicted octanol–water partition coefficient (Wildman–Crippen LogP) is 4.81. The second kappa shape index (κ2) is 23.5. The van der Waals surface area contributed by atoms with Gasteiger partial charge in [-0.15, -0.1) is 12.0 Å². The zero-order chi connectivity index (χ0) is 32.0. The largest absolute Gasteiger partial charge is 0.528 e. The van der Waals surface area contributed by atoms with Gasteiger partial charge in [0.2, 0.25) is 0 Å². The molecular formula is C24H60O9Si6. The molecule has 0 heterocycles. The average molecular weight is 661 g/mol. The zero-order valence-electron chi connectivity index (χ0n) is 28.1. The van der Waals surface area contributed by atoms with Crippen molar-refractivity contribution in [3.05, 3.63) is 22.8 Å². The van der Waals surface area contributed by atoms with E-state index in [9.17, 15) is 0 Å². The summed E-state index contributed by atoms with van der Waals surface area (Å²) in [5.74, 6) is 0. The zero-order valence-corrected chi connectivity index (χ0v) is 34.3. The highest BCUT2D eigenvalue weighted by molar-refractivity contribution is 6.84. The maximum atomic E-state index is 5.26. The van der Waals surface area contributed by atoms with Gasteiger partial charge in [-0.1, -0.05) is 70.3 Å². The molecule has 0 aromatic rings. The van der Waals surface area contributed by atoms with Gasteiger partial charge in [-0.05, 0) is 11.4 Å². The molecule has 0 aromatic heterocycles. The van der Waals surface area contributed by atoms with Gasteiger partial charge in [0.25, 0.3) is 0 Å². The lowest BCUT2D eigenvalue weighted by molar-refractivity contribution is 0.138. The molecule has 0 bridgehead atoms. The summed E-state index contributed by atoms with van der Waals surface area (Å²) >= 11 is 0. The normalized spacial score (nSPS) is 12.8. The summed E-state index contributed by atoms with van der Waals surface area (Å²) in [4.78, 5) is 0. The van der Waals surface area contributed by atoms with E-state index < -0.39 is 51.4 Å². The Kier molecular flexibility index (Phi) is 27.7. The molecule has 0 N–H and O–H groups in total. The van der Waals surface area contributed by atoms with E-state index in [1.165, 1.54) is 0 Å². The molecule has 0 radical (unpaired) electrons. The van der Waals surface area contributed by atoms with E-state index in [1.807, 2.05) is 11.4 Å². The van der Waals surface area contributed by atoms with Gasteiger partial charge in [0.15, 0.2) is 0 Å². The third-order valence-corrected chi connectivity index (χ3v) is 13.9. The van der Waals surface area contributed by atoms with Gasteiger partial charge >= 0.3 is 27.1 Å². The Labute approximate surface area is 248 Å². The fourth-order valence-corrected chi connectivity index (χ4v) is 9.93. The second-order valence-electron chi connectivity index (χ2n) is 11.2. The van der Waals surface area contributed by atoms with E-state index in [0.29, 0.717) is 0 Å². The van der Waals surface area contributed by atoms with E-state index >= 15 is 0 Å². The lowest BCUT2D eigenvalue weighted by Crippen LogP contribution is -2.41. The SMILES string of the molecule is C#C[Si](C)(C)C.CO[SiH](OC)OC.CO[Si](/C=C/[Si](C)(C)C)(OC)OC.CO[Si](/C=C\[Si](C)(C)C)(OC)OC. The van der Waals surface area contributed by atoms with E-state index in [-0.39, 0.29) is 0 Å². The van der Waals surface area contributed by atoms with Crippen LogP contribution in [0.1, 0.15) is 0 Å². The first-order valence-electron chi connectivity index (χ1n) is 12.5. The first-order chi connectivity index (χ1) is 17.7. The van der Waals surface area contributed by atoms with Gasteiger partial charge in [-0.3, -0.25) is 0 Å². The molecule has 39 heavy (non-hydrogen) atoms. The molecule has 0 saturated heterocycles. The maximum Gasteiger partial charge on any atom is 0.528 e. The minimum absolute atomic E-state index is 1.10. The Bertz CT molecular complexity index is 608. The van der Waals surface area contributed by atoms with Crippen molar-refractivity contribution in [1.82, 2.24) is 0 Å². The molecule has 0 aliphatic heterocycles. The Morgan fingerprint density at radius 2 is 0.667 bits per heavy atom. The van der Waals surface area contributed by atoms with Gasteiger partial charge in [0.1, 0.15) is 8.07 Å². The molecule has 0 rings (SSSR count). The van der Waals surface area contributed by atoms with Crippen LogP contribution in [0.5, 0.6) is 0 Å². The molecule has 9 nitrogen and oxygen atoms in total. The lowest BCUT2D eigenvalue weighted by Gasteiger charge is -2.21. The summed E-state index contributed by atoms with van der Waals surface area (Å²) in [7, 11) is 4.31. The fourth-order valence-electron chi connectivity index (χ4n) is 1.90. The van der Waals surface area contributed by atoms with Crippen LogP contribution in [0.15, 0.2) is 22.8 Å². The van der Waals surface area contributed by atoms with E-state index in [1.54, 1.807) is 64.0 Å².